The third-order valence-corrected chi connectivity index (χ3v) is 9.96. The summed E-state index contributed by atoms with van der Waals surface area (Å²) in [5.41, 5.74) is 14.6. The molecule has 1 nitrogen and oxygen atoms in total. The van der Waals surface area contributed by atoms with Crippen molar-refractivity contribution in [2.75, 3.05) is 4.90 Å². The van der Waals surface area contributed by atoms with Gasteiger partial charge in [-0.2, -0.15) is 0 Å². The van der Waals surface area contributed by atoms with Gasteiger partial charge < -0.3 is 4.90 Å². The third kappa shape index (κ3) is 4.37. The molecule has 45 heavy (non-hydrogen) atoms. The molecule has 0 aromatic heterocycles. The van der Waals surface area contributed by atoms with Gasteiger partial charge in [0.1, 0.15) is 0 Å². The topological polar surface area (TPSA) is 3.24 Å². The first-order valence-corrected chi connectivity index (χ1v) is 15.9. The molecule has 0 saturated heterocycles. The van der Waals surface area contributed by atoms with E-state index in [0.29, 0.717) is 0 Å². The van der Waals surface area contributed by atoms with Crippen LogP contribution in [0.15, 0.2) is 140 Å². The molecule has 2 aliphatic rings. The van der Waals surface area contributed by atoms with E-state index in [2.05, 4.69) is 184 Å². The fourth-order valence-electron chi connectivity index (χ4n) is 7.77. The smallest absolute Gasteiger partial charge is 0.0468 e. The molecule has 0 bridgehead atoms. The molecular formula is C44H37N. The normalized spacial score (nSPS) is 15.7. The third-order valence-electron chi connectivity index (χ3n) is 9.96. The van der Waals surface area contributed by atoms with Crippen LogP contribution in [-0.4, -0.2) is 0 Å². The lowest BCUT2D eigenvalue weighted by Gasteiger charge is -2.28. The van der Waals surface area contributed by atoms with Crippen molar-refractivity contribution in [1.82, 2.24) is 0 Å². The summed E-state index contributed by atoms with van der Waals surface area (Å²) < 4.78 is 0. The standard InChI is InChI=1S/C44H37N/c1-43(2)39-18-12-11-17-37(39)41-42(43)38-26-22-31(28-40(38)44(41,3)4)20-19-30-21-23-33-29-36(25-24-32(33)27-30)45(34-13-7-5-8-14-34)35-15-9-6-10-16-35/h5-29H,1-4H3/b20-19+. The van der Waals surface area contributed by atoms with Crippen LogP contribution in [0.5, 0.6) is 0 Å². The Labute approximate surface area is 266 Å². The molecule has 0 radical (unpaired) electrons. The van der Waals surface area contributed by atoms with Crippen LogP contribution < -0.4 is 4.90 Å². The van der Waals surface area contributed by atoms with E-state index >= 15 is 0 Å². The van der Waals surface area contributed by atoms with E-state index in [1.54, 1.807) is 0 Å². The van der Waals surface area contributed by atoms with E-state index in [1.807, 2.05) is 0 Å². The van der Waals surface area contributed by atoms with Crippen LogP contribution in [0.2, 0.25) is 0 Å². The summed E-state index contributed by atoms with van der Waals surface area (Å²) in [5.74, 6) is 0. The number of hydrogen-bond donors (Lipinski definition) is 0. The Bertz CT molecular complexity index is 2110. The Morgan fingerprint density at radius 1 is 0.422 bits per heavy atom. The Balaban J connectivity index is 1.10. The zero-order valence-corrected chi connectivity index (χ0v) is 26.4. The number of benzene rings is 6. The highest BCUT2D eigenvalue weighted by Crippen LogP contribution is 2.62. The predicted molar refractivity (Wildman–Crippen MR) is 193 cm³/mol. The van der Waals surface area contributed by atoms with Crippen LogP contribution in [0.4, 0.5) is 17.1 Å². The Hall–Kier alpha value is -5.14. The number of anilines is 3. The molecule has 0 amide bonds. The number of rotatable bonds is 5. The fourth-order valence-corrected chi connectivity index (χ4v) is 7.77. The van der Waals surface area contributed by atoms with Crippen molar-refractivity contribution >= 4 is 51.1 Å². The molecule has 218 valence electrons. The van der Waals surface area contributed by atoms with E-state index in [1.165, 1.54) is 55.3 Å². The number of hydrogen-bond acceptors (Lipinski definition) is 1. The van der Waals surface area contributed by atoms with Gasteiger partial charge in [0.25, 0.3) is 0 Å². The summed E-state index contributed by atoms with van der Waals surface area (Å²) in [5, 5.41) is 2.46. The average Bonchev–Trinajstić information content (AvgIpc) is 3.46. The molecule has 1 heteroatoms. The highest BCUT2D eigenvalue weighted by molar-refractivity contribution is 6.09. The first kappa shape index (κ1) is 27.4. The van der Waals surface area contributed by atoms with Gasteiger partial charge in [-0.1, -0.05) is 137 Å². The van der Waals surface area contributed by atoms with Crippen LogP contribution in [0.3, 0.4) is 0 Å². The first-order valence-electron chi connectivity index (χ1n) is 15.9. The molecule has 6 aromatic carbocycles. The number of nitrogens with zero attached hydrogens (tertiary/aromatic N) is 1. The molecule has 0 atom stereocenters. The van der Waals surface area contributed by atoms with Crippen molar-refractivity contribution in [3.8, 4) is 0 Å². The summed E-state index contributed by atoms with van der Waals surface area (Å²) in [6, 6.07) is 50.7. The van der Waals surface area contributed by atoms with Gasteiger partial charge in [0.05, 0.1) is 0 Å². The highest BCUT2D eigenvalue weighted by atomic mass is 15.1. The van der Waals surface area contributed by atoms with E-state index < -0.39 is 0 Å². The average molecular weight is 580 g/mol. The molecular weight excluding hydrogens is 542 g/mol. The van der Waals surface area contributed by atoms with E-state index in [4.69, 9.17) is 0 Å². The Kier molecular flexibility index (Phi) is 6.22. The predicted octanol–water partition coefficient (Wildman–Crippen LogP) is 12.0. The lowest BCUT2D eigenvalue weighted by molar-refractivity contribution is 0.694. The first-order chi connectivity index (χ1) is 21.8. The molecule has 0 saturated carbocycles. The van der Waals surface area contributed by atoms with Crippen LogP contribution in [0.25, 0.3) is 34.1 Å². The lowest BCUT2D eigenvalue weighted by atomic mass is 9.75. The summed E-state index contributed by atoms with van der Waals surface area (Å²) >= 11 is 0. The summed E-state index contributed by atoms with van der Waals surface area (Å²) in [4.78, 5) is 2.31. The molecule has 0 unspecified atom stereocenters. The van der Waals surface area contributed by atoms with E-state index in [9.17, 15) is 0 Å². The van der Waals surface area contributed by atoms with Crippen molar-refractivity contribution < 1.29 is 0 Å². The van der Waals surface area contributed by atoms with Gasteiger partial charge in [0.2, 0.25) is 0 Å². The monoisotopic (exact) mass is 579 g/mol. The van der Waals surface area contributed by atoms with Crippen molar-refractivity contribution in [3.05, 3.63) is 173 Å². The van der Waals surface area contributed by atoms with Crippen LogP contribution in [0, 0.1) is 0 Å². The van der Waals surface area contributed by atoms with E-state index in [-0.39, 0.29) is 10.8 Å². The molecule has 8 rings (SSSR count). The summed E-state index contributed by atoms with van der Waals surface area (Å²) in [7, 11) is 0. The van der Waals surface area contributed by atoms with Crippen molar-refractivity contribution in [3.63, 3.8) is 0 Å². The lowest BCUT2D eigenvalue weighted by Crippen LogP contribution is -2.19. The zero-order valence-electron chi connectivity index (χ0n) is 26.4. The maximum atomic E-state index is 2.41. The second-order valence-corrected chi connectivity index (χ2v) is 13.5. The van der Waals surface area contributed by atoms with Gasteiger partial charge in [-0.25, -0.2) is 0 Å². The van der Waals surface area contributed by atoms with Crippen LogP contribution in [-0.2, 0) is 10.8 Å². The van der Waals surface area contributed by atoms with Crippen molar-refractivity contribution in [2.24, 2.45) is 0 Å². The van der Waals surface area contributed by atoms with Gasteiger partial charge in [-0.15, -0.1) is 0 Å². The Morgan fingerprint density at radius 2 is 0.933 bits per heavy atom. The summed E-state index contributed by atoms with van der Waals surface area (Å²) in [6.45, 7) is 9.57. The van der Waals surface area contributed by atoms with Crippen LogP contribution in [0.1, 0.15) is 61.1 Å². The quantitative estimate of drug-likeness (QED) is 0.184. The molecule has 0 heterocycles. The number of allylic oxidation sites excluding steroid dienone is 2. The van der Waals surface area contributed by atoms with Gasteiger partial charge in [0, 0.05) is 27.9 Å². The number of fused-ring (bicyclic) bond motifs is 5. The molecule has 2 aliphatic carbocycles. The van der Waals surface area contributed by atoms with Crippen LogP contribution >= 0.6 is 0 Å². The van der Waals surface area contributed by atoms with Gasteiger partial charge in [0.15, 0.2) is 0 Å². The van der Waals surface area contributed by atoms with E-state index in [0.717, 1.165) is 17.1 Å². The zero-order chi connectivity index (χ0) is 30.8. The van der Waals surface area contributed by atoms with Crippen molar-refractivity contribution in [2.45, 2.75) is 38.5 Å². The maximum absolute atomic E-state index is 2.41. The molecule has 0 aliphatic heterocycles. The molecule has 0 fully saturated rings. The molecule has 0 N–H and O–H groups in total. The molecule has 6 aromatic rings. The fraction of sp³-hybridized carbons (Fsp3) is 0.136. The SMILES string of the molecule is CC1(C)C2=C(c3ccccc31)C(C)(C)c1cc(/C=C/c3ccc4cc(N(c5ccccc5)c5ccccc5)ccc4c3)ccc12. The highest BCUT2D eigenvalue weighted by Gasteiger charge is 2.49. The minimum Gasteiger partial charge on any atom is -0.310 e. The second-order valence-electron chi connectivity index (χ2n) is 13.5. The number of para-hydroxylation sites is 2. The van der Waals surface area contributed by atoms with Crippen molar-refractivity contribution in [1.29, 1.82) is 0 Å². The minimum atomic E-state index is -0.0353. The van der Waals surface area contributed by atoms with Gasteiger partial charge in [-0.05, 0) is 97.8 Å². The summed E-state index contributed by atoms with van der Waals surface area (Å²) in [6.07, 6.45) is 4.51. The minimum absolute atomic E-state index is 0.00991. The molecule has 0 spiro atoms. The van der Waals surface area contributed by atoms with Gasteiger partial charge in [-0.3, -0.25) is 0 Å². The Morgan fingerprint density at radius 3 is 1.62 bits per heavy atom. The van der Waals surface area contributed by atoms with Gasteiger partial charge >= 0.3 is 0 Å². The maximum Gasteiger partial charge on any atom is 0.0468 e. The largest absolute Gasteiger partial charge is 0.310 e. The second kappa shape index (κ2) is 10.2.